The van der Waals surface area contributed by atoms with Gasteiger partial charge in [-0.3, -0.25) is 4.98 Å². The van der Waals surface area contributed by atoms with Crippen molar-refractivity contribution in [1.82, 2.24) is 4.98 Å². The molecule has 2 rings (SSSR count). The molecule has 94 valence electrons. The van der Waals surface area contributed by atoms with E-state index in [1.165, 1.54) is 12.3 Å². The molecule has 0 fully saturated rings. The maximum Gasteiger partial charge on any atom is 0.162 e. The van der Waals surface area contributed by atoms with E-state index in [1.54, 1.807) is 19.1 Å². The van der Waals surface area contributed by atoms with Crippen LogP contribution in [0.25, 0.3) is 0 Å². The first kappa shape index (κ1) is 12.4. The van der Waals surface area contributed by atoms with E-state index in [1.807, 2.05) is 0 Å². The summed E-state index contributed by atoms with van der Waals surface area (Å²) in [7, 11) is 0. The van der Waals surface area contributed by atoms with Crippen LogP contribution in [-0.2, 0) is 0 Å². The van der Waals surface area contributed by atoms with Gasteiger partial charge in [0.15, 0.2) is 11.6 Å². The Hall–Kier alpha value is -2.01. The molecule has 0 aliphatic carbocycles. The van der Waals surface area contributed by atoms with Crippen molar-refractivity contribution in [2.45, 2.75) is 13.0 Å². The fourth-order valence-corrected chi connectivity index (χ4v) is 1.38. The Balaban J connectivity index is 2.15. The molecule has 1 atom stereocenters. The van der Waals surface area contributed by atoms with Gasteiger partial charge in [0.05, 0.1) is 18.0 Å². The summed E-state index contributed by atoms with van der Waals surface area (Å²) in [6.45, 7) is 1.60. The molecule has 0 spiro atoms. The SMILES string of the molecule is C[C@H](O)c1ccc(Oc2ccc(F)c(F)c2)cn1. The Bertz CT molecular complexity index is 541. The molecule has 1 aromatic carbocycles. The van der Waals surface area contributed by atoms with Crippen molar-refractivity contribution in [1.29, 1.82) is 0 Å². The van der Waals surface area contributed by atoms with Gasteiger partial charge in [-0.05, 0) is 31.2 Å². The first-order chi connectivity index (χ1) is 8.56. The van der Waals surface area contributed by atoms with Crippen LogP contribution in [0.2, 0.25) is 0 Å². The van der Waals surface area contributed by atoms with Gasteiger partial charge in [0, 0.05) is 6.07 Å². The highest BCUT2D eigenvalue weighted by atomic mass is 19.2. The van der Waals surface area contributed by atoms with Crippen molar-refractivity contribution in [2.75, 3.05) is 0 Å². The summed E-state index contributed by atoms with van der Waals surface area (Å²) < 4.78 is 31.0. The zero-order chi connectivity index (χ0) is 13.1. The smallest absolute Gasteiger partial charge is 0.162 e. The minimum atomic E-state index is -0.971. The van der Waals surface area contributed by atoms with Gasteiger partial charge in [-0.15, -0.1) is 0 Å². The third-order valence-electron chi connectivity index (χ3n) is 2.31. The molecule has 0 aliphatic heterocycles. The normalized spacial score (nSPS) is 12.2. The topological polar surface area (TPSA) is 42.4 Å². The first-order valence-corrected chi connectivity index (χ1v) is 5.33. The monoisotopic (exact) mass is 251 g/mol. The van der Waals surface area contributed by atoms with Crippen molar-refractivity contribution in [3.8, 4) is 11.5 Å². The number of rotatable bonds is 3. The summed E-state index contributed by atoms with van der Waals surface area (Å²) in [6, 6.07) is 6.46. The van der Waals surface area contributed by atoms with Crippen molar-refractivity contribution in [3.63, 3.8) is 0 Å². The van der Waals surface area contributed by atoms with Crippen molar-refractivity contribution in [3.05, 3.63) is 53.9 Å². The molecular formula is C13H11F2NO2. The molecule has 0 aliphatic rings. The standard InChI is InChI=1S/C13H11F2NO2/c1-8(17)13-5-3-10(7-16-13)18-9-2-4-11(14)12(15)6-9/h2-8,17H,1H3/t8-/m0/s1. The van der Waals surface area contributed by atoms with Gasteiger partial charge in [-0.25, -0.2) is 8.78 Å². The second kappa shape index (κ2) is 5.10. The summed E-state index contributed by atoms with van der Waals surface area (Å²) >= 11 is 0. The molecular weight excluding hydrogens is 240 g/mol. The number of nitrogens with zero attached hydrogens (tertiary/aromatic N) is 1. The number of hydrogen-bond acceptors (Lipinski definition) is 3. The minimum Gasteiger partial charge on any atom is -0.456 e. The lowest BCUT2D eigenvalue weighted by atomic mass is 10.2. The van der Waals surface area contributed by atoms with Gasteiger partial charge in [0.25, 0.3) is 0 Å². The van der Waals surface area contributed by atoms with Gasteiger partial charge in [0.2, 0.25) is 0 Å². The van der Waals surface area contributed by atoms with Crippen molar-refractivity contribution >= 4 is 0 Å². The van der Waals surface area contributed by atoms with Gasteiger partial charge >= 0.3 is 0 Å². The molecule has 0 saturated carbocycles. The summed E-state index contributed by atoms with van der Waals surface area (Å²) in [5.74, 6) is -1.34. The average Bonchev–Trinajstić information content (AvgIpc) is 2.34. The van der Waals surface area contributed by atoms with Gasteiger partial charge in [0.1, 0.15) is 11.5 Å². The summed E-state index contributed by atoms with van der Waals surface area (Å²) in [5, 5.41) is 9.28. The third kappa shape index (κ3) is 2.81. The quantitative estimate of drug-likeness (QED) is 0.910. The van der Waals surface area contributed by atoms with Crippen LogP contribution in [0, 0.1) is 11.6 Å². The maximum atomic E-state index is 12.9. The number of hydrogen-bond donors (Lipinski definition) is 1. The molecule has 3 nitrogen and oxygen atoms in total. The van der Waals surface area contributed by atoms with Crippen molar-refractivity contribution < 1.29 is 18.6 Å². The Kier molecular flexibility index (Phi) is 3.53. The molecule has 0 saturated heterocycles. The molecule has 1 heterocycles. The summed E-state index contributed by atoms with van der Waals surface area (Å²) in [6.07, 6.45) is 0.742. The van der Waals surface area contributed by atoms with Crippen LogP contribution in [-0.4, -0.2) is 10.1 Å². The largest absolute Gasteiger partial charge is 0.456 e. The van der Waals surface area contributed by atoms with E-state index in [4.69, 9.17) is 4.74 Å². The molecule has 0 amide bonds. The van der Waals surface area contributed by atoms with E-state index < -0.39 is 17.7 Å². The molecule has 2 aromatic rings. The van der Waals surface area contributed by atoms with Crippen LogP contribution in [0.5, 0.6) is 11.5 Å². The first-order valence-electron chi connectivity index (χ1n) is 5.33. The fourth-order valence-electron chi connectivity index (χ4n) is 1.38. The summed E-state index contributed by atoms with van der Waals surface area (Å²) in [5.41, 5.74) is 0.507. The number of ether oxygens (including phenoxy) is 1. The zero-order valence-electron chi connectivity index (χ0n) is 9.60. The Morgan fingerprint density at radius 2 is 1.83 bits per heavy atom. The highest BCUT2D eigenvalue weighted by molar-refractivity contribution is 5.30. The Morgan fingerprint density at radius 3 is 2.39 bits per heavy atom. The molecule has 5 heteroatoms. The molecule has 1 N–H and O–H groups in total. The Morgan fingerprint density at radius 1 is 1.11 bits per heavy atom. The van der Waals surface area contributed by atoms with Gasteiger partial charge in [-0.1, -0.05) is 0 Å². The number of pyridine rings is 1. The van der Waals surface area contributed by atoms with E-state index in [-0.39, 0.29) is 5.75 Å². The minimum absolute atomic E-state index is 0.181. The van der Waals surface area contributed by atoms with Crippen LogP contribution >= 0.6 is 0 Å². The van der Waals surface area contributed by atoms with Crippen LogP contribution in [0.4, 0.5) is 8.78 Å². The number of aromatic nitrogens is 1. The van der Waals surface area contributed by atoms with E-state index >= 15 is 0 Å². The van der Waals surface area contributed by atoms with Crippen molar-refractivity contribution in [2.24, 2.45) is 0 Å². The average molecular weight is 251 g/mol. The van der Waals surface area contributed by atoms with E-state index in [0.717, 1.165) is 12.1 Å². The van der Waals surface area contributed by atoms with E-state index in [9.17, 15) is 13.9 Å². The van der Waals surface area contributed by atoms with Gasteiger partial charge in [-0.2, -0.15) is 0 Å². The number of aliphatic hydroxyl groups excluding tert-OH is 1. The second-order valence-corrected chi connectivity index (χ2v) is 3.77. The molecule has 1 aromatic heterocycles. The molecule has 18 heavy (non-hydrogen) atoms. The fraction of sp³-hybridized carbons (Fsp3) is 0.154. The highest BCUT2D eigenvalue weighted by Crippen LogP contribution is 2.23. The Labute approximate surface area is 103 Å². The van der Waals surface area contributed by atoms with E-state index in [2.05, 4.69) is 4.98 Å². The molecule has 0 bridgehead atoms. The predicted octanol–water partition coefficient (Wildman–Crippen LogP) is 3.21. The van der Waals surface area contributed by atoms with Crippen LogP contribution < -0.4 is 4.74 Å². The number of aliphatic hydroxyl groups is 1. The molecule has 0 unspecified atom stereocenters. The predicted molar refractivity (Wildman–Crippen MR) is 61.3 cm³/mol. The maximum absolute atomic E-state index is 12.9. The number of halogens is 2. The number of benzene rings is 1. The van der Waals surface area contributed by atoms with Crippen LogP contribution in [0.15, 0.2) is 36.5 Å². The lowest BCUT2D eigenvalue weighted by Gasteiger charge is -2.07. The van der Waals surface area contributed by atoms with Crippen LogP contribution in [0.1, 0.15) is 18.7 Å². The lowest BCUT2D eigenvalue weighted by molar-refractivity contribution is 0.194. The van der Waals surface area contributed by atoms with Crippen LogP contribution in [0.3, 0.4) is 0 Å². The molecule has 0 radical (unpaired) electrons. The zero-order valence-corrected chi connectivity index (χ0v) is 9.60. The van der Waals surface area contributed by atoms with Gasteiger partial charge < -0.3 is 9.84 Å². The van der Waals surface area contributed by atoms with E-state index in [0.29, 0.717) is 11.4 Å². The highest BCUT2D eigenvalue weighted by Gasteiger charge is 2.06. The third-order valence-corrected chi connectivity index (χ3v) is 2.31. The lowest BCUT2D eigenvalue weighted by Crippen LogP contribution is -1.95. The summed E-state index contributed by atoms with van der Waals surface area (Å²) in [4.78, 5) is 3.97. The second-order valence-electron chi connectivity index (χ2n) is 3.77.